The molecule has 1 aromatic carbocycles. The van der Waals surface area contributed by atoms with Crippen molar-refractivity contribution in [2.75, 3.05) is 5.32 Å². The lowest BCUT2D eigenvalue weighted by atomic mass is 10.2. The minimum absolute atomic E-state index is 0.000730. The van der Waals surface area contributed by atoms with Crippen LogP contribution in [0.5, 0.6) is 0 Å². The van der Waals surface area contributed by atoms with Crippen LogP contribution in [0.2, 0.25) is 0 Å². The topological polar surface area (TPSA) is 54.9 Å². The van der Waals surface area contributed by atoms with Gasteiger partial charge < -0.3 is 5.32 Å². The third-order valence-corrected chi connectivity index (χ3v) is 4.38. The number of amides is 1. The zero-order chi connectivity index (χ0) is 15.4. The maximum Gasteiger partial charge on any atom is 0.225 e. The Morgan fingerprint density at radius 2 is 2.00 bits per heavy atom. The normalized spacial score (nSPS) is 10.8. The minimum Gasteiger partial charge on any atom is -0.311 e. The zero-order valence-corrected chi connectivity index (χ0v) is 13.2. The number of nitrogens with zero attached hydrogens (tertiary/aromatic N) is 2. The van der Waals surface area contributed by atoms with E-state index >= 15 is 0 Å². The standard InChI is InChI=1S/C17H17N3OS/c1-12-6-4-9-15(18-12)20-16(21)10-5-11-17-19-13-7-2-3-8-14(13)22-17/h2-4,6-9H,5,10-11H2,1H3,(H,18,20,21). The van der Waals surface area contributed by atoms with E-state index in [4.69, 9.17) is 0 Å². The number of pyridine rings is 1. The molecule has 3 rings (SSSR count). The number of hydrogen-bond donors (Lipinski definition) is 1. The number of anilines is 1. The van der Waals surface area contributed by atoms with Crippen molar-refractivity contribution >= 4 is 33.3 Å². The number of aromatic nitrogens is 2. The lowest BCUT2D eigenvalue weighted by molar-refractivity contribution is -0.116. The molecule has 1 N–H and O–H groups in total. The first-order valence-electron chi connectivity index (χ1n) is 7.29. The van der Waals surface area contributed by atoms with Crippen molar-refractivity contribution in [2.24, 2.45) is 0 Å². The summed E-state index contributed by atoms with van der Waals surface area (Å²) in [5, 5.41) is 3.91. The van der Waals surface area contributed by atoms with E-state index in [-0.39, 0.29) is 5.91 Å². The van der Waals surface area contributed by atoms with E-state index < -0.39 is 0 Å². The number of thiazole rings is 1. The molecule has 0 fully saturated rings. The molecule has 1 amide bonds. The van der Waals surface area contributed by atoms with Gasteiger partial charge in [-0.25, -0.2) is 9.97 Å². The van der Waals surface area contributed by atoms with Crippen molar-refractivity contribution in [3.63, 3.8) is 0 Å². The van der Waals surface area contributed by atoms with Crippen LogP contribution in [0, 0.1) is 6.92 Å². The highest BCUT2D eigenvalue weighted by Crippen LogP contribution is 2.22. The Morgan fingerprint density at radius 1 is 1.14 bits per heavy atom. The number of aryl methyl sites for hydroxylation is 2. The van der Waals surface area contributed by atoms with Gasteiger partial charge in [0.05, 0.1) is 15.2 Å². The number of fused-ring (bicyclic) bond motifs is 1. The number of rotatable bonds is 5. The summed E-state index contributed by atoms with van der Waals surface area (Å²) >= 11 is 1.70. The summed E-state index contributed by atoms with van der Waals surface area (Å²) in [4.78, 5) is 20.8. The number of carbonyl (C=O) groups excluding carboxylic acids is 1. The van der Waals surface area contributed by atoms with E-state index in [2.05, 4.69) is 21.4 Å². The Hall–Kier alpha value is -2.27. The molecule has 112 valence electrons. The van der Waals surface area contributed by atoms with Crippen molar-refractivity contribution in [3.05, 3.63) is 53.2 Å². The van der Waals surface area contributed by atoms with Gasteiger partial charge in [0, 0.05) is 12.1 Å². The van der Waals surface area contributed by atoms with E-state index in [1.165, 1.54) is 4.70 Å². The smallest absolute Gasteiger partial charge is 0.225 e. The lowest BCUT2D eigenvalue weighted by Crippen LogP contribution is -2.12. The molecular weight excluding hydrogens is 294 g/mol. The quantitative estimate of drug-likeness (QED) is 0.776. The largest absolute Gasteiger partial charge is 0.311 e. The van der Waals surface area contributed by atoms with Gasteiger partial charge in [0.25, 0.3) is 0 Å². The van der Waals surface area contributed by atoms with Crippen LogP contribution in [0.25, 0.3) is 10.2 Å². The van der Waals surface area contributed by atoms with Crippen molar-refractivity contribution in [1.29, 1.82) is 0 Å². The SMILES string of the molecule is Cc1cccc(NC(=O)CCCc2nc3ccccc3s2)n1. The van der Waals surface area contributed by atoms with E-state index in [1.807, 2.05) is 37.3 Å². The maximum absolute atomic E-state index is 11.9. The van der Waals surface area contributed by atoms with Gasteiger partial charge in [0.1, 0.15) is 5.82 Å². The highest BCUT2D eigenvalue weighted by atomic mass is 32.1. The third kappa shape index (κ3) is 3.68. The van der Waals surface area contributed by atoms with Gasteiger partial charge in [-0.15, -0.1) is 11.3 Å². The third-order valence-electron chi connectivity index (χ3n) is 3.29. The highest BCUT2D eigenvalue weighted by molar-refractivity contribution is 7.18. The Kier molecular flexibility index (Phi) is 4.44. The summed E-state index contributed by atoms with van der Waals surface area (Å²) in [7, 11) is 0. The molecule has 0 aliphatic heterocycles. The molecule has 4 nitrogen and oxygen atoms in total. The van der Waals surface area contributed by atoms with Crippen molar-refractivity contribution in [1.82, 2.24) is 9.97 Å². The fourth-order valence-corrected chi connectivity index (χ4v) is 3.25. The fourth-order valence-electron chi connectivity index (χ4n) is 2.25. The summed E-state index contributed by atoms with van der Waals surface area (Å²) in [5.74, 6) is 0.615. The monoisotopic (exact) mass is 311 g/mol. The van der Waals surface area contributed by atoms with Crippen LogP contribution in [-0.4, -0.2) is 15.9 Å². The van der Waals surface area contributed by atoms with Gasteiger partial charge >= 0.3 is 0 Å². The van der Waals surface area contributed by atoms with E-state index in [9.17, 15) is 4.79 Å². The number of benzene rings is 1. The first-order valence-corrected chi connectivity index (χ1v) is 8.10. The minimum atomic E-state index is -0.000730. The summed E-state index contributed by atoms with van der Waals surface area (Å²) in [6.45, 7) is 1.91. The second-order valence-electron chi connectivity index (χ2n) is 5.14. The molecule has 0 saturated heterocycles. The van der Waals surface area contributed by atoms with Crippen LogP contribution < -0.4 is 5.32 Å². The predicted molar refractivity (Wildman–Crippen MR) is 90.2 cm³/mol. The Morgan fingerprint density at radius 3 is 2.82 bits per heavy atom. The lowest BCUT2D eigenvalue weighted by Gasteiger charge is -2.04. The molecule has 0 aliphatic rings. The van der Waals surface area contributed by atoms with Crippen LogP contribution in [0.3, 0.4) is 0 Å². The second kappa shape index (κ2) is 6.66. The Labute approximate surface area is 133 Å². The first kappa shape index (κ1) is 14.7. The molecule has 0 radical (unpaired) electrons. The van der Waals surface area contributed by atoms with E-state index in [1.54, 1.807) is 17.4 Å². The second-order valence-corrected chi connectivity index (χ2v) is 6.26. The molecular formula is C17H17N3OS. The van der Waals surface area contributed by atoms with Crippen LogP contribution in [0.15, 0.2) is 42.5 Å². The molecule has 2 aromatic heterocycles. The maximum atomic E-state index is 11.9. The number of para-hydroxylation sites is 1. The van der Waals surface area contributed by atoms with Crippen molar-refractivity contribution < 1.29 is 4.79 Å². The van der Waals surface area contributed by atoms with Gasteiger partial charge in [-0.1, -0.05) is 18.2 Å². The molecule has 0 saturated carbocycles. The van der Waals surface area contributed by atoms with Crippen LogP contribution >= 0.6 is 11.3 Å². The molecule has 3 aromatic rings. The predicted octanol–water partition coefficient (Wildman–Crippen LogP) is 3.96. The highest BCUT2D eigenvalue weighted by Gasteiger charge is 2.06. The zero-order valence-electron chi connectivity index (χ0n) is 12.4. The average Bonchev–Trinajstić information content (AvgIpc) is 2.90. The summed E-state index contributed by atoms with van der Waals surface area (Å²) in [6, 6.07) is 13.7. The average molecular weight is 311 g/mol. The van der Waals surface area contributed by atoms with Crippen LogP contribution in [0.1, 0.15) is 23.5 Å². The van der Waals surface area contributed by atoms with E-state index in [0.717, 1.165) is 29.1 Å². The van der Waals surface area contributed by atoms with Gasteiger partial charge in [-0.05, 0) is 44.0 Å². The fraction of sp³-hybridized carbons (Fsp3) is 0.235. The number of carbonyl (C=O) groups is 1. The van der Waals surface area contributed by atoms with Gasteiger partial charge in [-0.2, -0.15) is 0 Å². The van der Waals surface area contributed by atoms with Gasteiger partial charge in [0.15, 0.2) is 0 Å². The van der Waals surface area contributed by atoms with Crippen LogP contribution in [0.4, 0.5) is 5.82 Å². The summed E-state index contributed by atoms with van der Waals surface area (Å²) < 4.78 is 1.20. The van der Waals surface area contributed by atoms with Crippen molar-refractivity contribution in [2.45, 2.75) is 26.2 Å². The molecule has 0 aliphatic carbocycles. The molecule has 22 heavy (non-hydrogen) atoms. The van der Waals surface area contributed by atoms with E-state index in [0.29, 0.717) is 12.2 Å². The van der Waals surface area contributed by atoms with Gasteiger partial charge in [-0.3, -0.25) is 4.79 Å². The van der Waals surface area contributed by atoms with Crippen LogP contribution in [-0.2, 0) is 11.2 Å². The molecule has 5 heteroatoms. The van der Waals surface area contributed by atoms with Gasteiger partial charge in [0.2, 0.25) is 5.91 Å². The molecule has 0 atom stereocenters. The number of hydrogen-bond acceptors (Lipinski definition) is 4. The first-order chi connectivity index (χ1) is 10.7. The van der Waals surface area contributed by atoms with Crippen molar-refractivity contribution in [3.8, 4) is 0 Å². The molecule has 0 spiro atoms. The Bertz CT molecular complexity index is 764. The Balaban J connectivity index is 1.51. The summed E-state index contributed by atoms with van der Waals surface area (Å²) in [5.41, 5.74) is 1.93. The molecule has 2 heterocycles. The summed E-state index contributed by atoms with van der Waals surface area (Å²) in [6.07, 6.45) is 2.09. The molecule has 0 unspecified atom stereocenters. The number of nitrogens with one attached hydrogen (secondary N) is 1. The molecule has 0 bridgehead atoms.